The second-order valence-corrected chi connectivity index (χ2v) is 6.51. The monoisotopic (exact) mass is 369 g/mol. The fourth-order valence-electron chi connectivity index (χ4n) is 2.42. The Morgan fingerprint density at radius 2 is 2.19 bits per heavy atom. The van der Waals surface area contributed by atoms with E-state index in [0.717, 1.165) is 33.0 Å². The van der Waals surface area contributed by atoms with Gasteiger partial charge in [-0.25, -0.2) is 0 Å². The highest BCUT2D eigenvalue weighted by Crippen LogP contribution is 2.23. The predicted molar refractivity (Wildman–Crippen MR) is 102 cm³/mol. The molecule has 0 radical (unpaired) electrons. The lowest BCUT2D eigenvalue weighted by Crippen LogP contribution is -2.20. The Balaban J connectivity index is 1.61. The van der Waals surface area contributed by atoms with Gasteiger partial charge in [0.05, 0.1) is 25.6 Å². The molecule has 1 amide bonds. The Labute approximate surface area is 155 Å². The molecule has 0 spiro atoms. The zero-order valence-electron chi connectivity index (χ0n) is 14.2. The van der Waals surface area contributed by atoms with Crippen molar-refractivity contribution in [2.45, 2.75) is 13.2 Å². The molecule has 2 aromatic heterocycles. The first-order valence-corrected chi connectivity index (χ1v) is 8.88. The Bertz CT molecular complexity index is 897. The average molecular weight is 369 g/mol. The molecular formula is C19H19N3O3S. The van der Waals surface area contributed by atoms with Gasteiger partial charge in [0.15, 0.2) is 0 Å². The molecule has 3 rings (SSSR count). The highest BCUT2D eigenvalue weighted by molar-refractivity contribution is 7.11. The second-order valence-electron chi connectivity index (χ2n) is 5.57. The normalized spacial score (nSPS) is 11.0. The standard InChI is InChI=1S/C19H19N3O3S/c1-25-16-4-2-14(3-5-16)19-15(10-21-22-19)9-20-18(24)7-6-17-8-13(11-23)12-26-17/h2-8,10,12,23H,9,11H2,1H3,(H,20,24)(H,21,22). The van der Waals surface area contributed by atoms with Gasteiger partial charge in [-0.2, -0.15) is 5.10 Å². The minimum atomic E-state index is -0.189. The van der Waals surface area contributed by atoms with Gasteiger partial charge >= 0.3 is 0 Å². The number of nitrogens with zero attached hydrogens (tertiary/aromatic N) is 1. The summed E-state index contributed by atoms with van der Waals surface area (Å²) in [4.78, 5) is 13.0. The number of rotatable bonds is 7. The molecule has 0 saturated carbocycles. The third-order valence-corrected chi connectivity index (χ3v) is 4.75. The number of aromatic amines is 1. The predicted octanol–water partition coefficient (Wildman–Crippen LogP) is 2.97. The Morgan fingerprint density at radius 1 is 1.38 bits per heavy atom. The van der Waals surface area contributed by atoms with E-state index in [1.54, 1.807) is 19.4 Å². The summed E-state index contributed by atoms with van der Waals surface area (Å²) in [5.41, 5.74) is 3.58. The molecule has 1 aromatic carbocycles. The molecular weight excluding hydrogens is 350 g/mol. The topological polar surface area (TPSA) is 87.2 Å². The number of carbonyl (C=O) groups is 1. The van der Waals surface area contributed by atoms with Gasteiger partial charge in [0.25, 0.3) is 0 Å². The van der Waals surface area contributed by atoms with Crippen LogP contribution in [0.5, 0.6) is 5.75 Å². The van der Waals surface area contributed by atoms with Crippen LogP contribution in [0.15, 0.2) is 48.0 Å². The molecule has 0 bridgehead atoms. The zero-order valence-corrected chi connectivity index (χ0v) is 15.0. The van der Waals surface area contributed by atoms with E-state index in [0.29, 0.717) is 6.54 Å². The van der Waals surface area contributed by atoms with Gasteiger partial charge in [-0.1, -0.05) is 0 Å². The summed E-state index contributed by atoms with van der Waals surface area (Å²) >= 11 is 1.48. The fourth-order valence-corrected chi connectivity index (χ4v) is 3.21. The first-order chi connectivity index (χ1) is 12.7. The number of aromatic nitrogens is 2. The lowest BCUT2D eigenvalue weighted by molar-refractivity contribution is -0.116. The molecule has 3 aromatic rings. The van der Waals surface area contributed by atoms with Crippen molar-refractivity contribution in [1.29, 1.82) is 0 Å². The van der Waals surface area contributed by atoms with Crippen LogP contribution in [0.25, 0.3) is 17.3 Å². The Morgan fingerprint density at radius 3 is 2.88 bits per heavy atom. The van der Waals surface area contributed by atoms with Crippen LogP contribution in [-0.4, -0.2) is 28.3 Å². The summed E-state index contributed by atoms with van der Waals surface area (Å²) in [5, 5.41) is 20.8. The first kappa shape index (κ1) is 17.9. The molecule has 0 unspecified atom stereocenters. The van der Waals surface area contributed by atoms with Crippen molar-refractivity contribution >= 4 is 23.3 Å². The molecule has 0 saturated heterocycles. The van der Waals surface area contributed by atoms with Gasteiger partial charge in [0.1, 0.15) is 5.75 Å². The lowest BCUT2D eigenvalue weighted by atomic mass is 10.1. The van der Waals surface area contributed by atoms with E-state index in [1.807, 2.05) is 35.7 Å². The van der Waals surface area contributed by atoms with Crippen LogP contribution in [0.1, 0.15) is 16.0 Å². The van der Waals surface area contributed by atoms with Crippen molar-refractivity contribution in [2.75, 3.05) is 7.11 Å². The van der Waals surface area contributed by atoms with Gasteiger partial charge in [0.2, 0.25) is 5.91 Å². The first-order valence-electron chi connectivity index (χ1n) is 8.00. The number of aliphatic hydroxyl groups is 1. The van der Waals surface area contributed by atoms with Crippen LogP contribution in [0.3, 0.4) is 0 Å². The maximum atomic E-state index is 12.0. The summed E-state index contributed by atoms with van der Waals surface area (Å²) < 4.78 is 5.16. The van der Waals surface area contributed by atoms with Gasteiger partial charge in [-0.3, -0.25) is 9.89 Å². The van der Waals surface area contributed by atoms with Gasteiger partial charge in [-0.05, 0) is 47.4 Å². The minimum absolute atomic E-state index is 0.00512. The largest absolute Gasteiger partial charge is 0.497 e. The number of hydrogen-bond donors (Lipinski definition) is 3. The molecule has 0 aliphatic carbocycles. The molecule has 0 atom stereocenters. The van der Waals surface area contributed by atoms with Crippen molar-refractivity contribution in [2.24, 2.45) is 0 Å². The van der Waals surface area contributed by atoms with Crippen LogP contribution in [0.4, 0.5) is 0 Å². The number of ether oxygens (including phenoxy) is 1. The zero-order chi connectivity index (χ0) is 18.4. The lowest BCUT2D eigenvalue weighted by Gasteiger charge is -2.05. The van der Waals surface area contributed by atoms with Gasteiger partial charge in [-0.15, -0.1) is 11.3 Å². The van der Waals surface area contributed by atoms with E-state index >= 15 is 0 Å². The van der Waals surface area contributed by atoms with E-state index < -0.39 is 0 Å². The number of H-pyrrole nitrogens is 1. The molecule has 2 heterocycles. The SMILES string of the molecule is COc1ccc(-c2[nH]ncc2CNC(=O)C=Cc2cc(CO)cs2)cc1. The molecule has 3 N–H and O–H groups in total. The number of thiophene rings is 1. The third-order valence-electron chi connectivity index (χ3n) is 3.81. The Hall–Kier alpha value is -2.90. The van der Waals surface area contributed by atoms with E-state index in [2.05, 4.69) is 15.5 Å². The van der Waals surface area contributed by atoms with Crippen LogP contribution in [-0.2, 0) is 17.9 Å². The van der Waals surface area contributed by atoms with Crippen LogP contribution in [0, 0.1) is 0 Å². The summed E-state index contributed by atoms with van der Waals surface area (Å²) in [6.45, 7) is 0.374. The molecule has 0 fully saturated rings. The highest BCUT2D eigenvalue weighted by atomic mass is 32.1. The molecule has 7 heteroatoms. The van der Waals surface area contributed by atoms with Crippen LogP contribution < -0.4 is 10.1 Å². The van der Waals surface area contributed by atoms with E-state index in [1.165, 1.54) is 17.4 Å². The summed E-state index contributed by atoms with van der Waals surface area (Å²) in [6, 6.07) is 9.48. The number of methoxy groups -OCH3 is 1. The summed E-state index contributed by atoms with van der Waals surface area (Å²) in [6.07, 6.45) is 4.93. The van der Waals surface area contributed by atoms with Crippen molar-refractivity contribution in [3.05, 3.63) is 64.0 Å². The number of nitrogens with one attached hydrogen (secondary N) is 2. The second kappa shape index (κ2) is 8.46. The third kappa shape index (κ3) is 4.38. The van der Waals surface area contributed by atoms with Crippen LogP contribution in [0.2, 0.25) is 0 Å². The van der Waals surface area contributed by atoms with Crippen molar-refractivity contribution < 1.29 is 14.6 Å². The maximum Gasteiger partial charge on any atom is 0.244 e. The van der Waals surface area contributed by atoms with E-state index in [4.69, 9.17) is 9.84 Å². The molecule has 0 aliphatic heterocycles. The maximum absolute atomic E-state index is 12.0. The van der Waals surface area contributed by atoms with Gasteiger partial charge in [0, 0.05) is 28.6 Å². The van der Waals surface area contributed by atoms with Crippen LogP contribution >= 0.6 is 11.3 Å². The summed E-state index contributed by atoms with van der Waals surface area (Å²) in [5.74, 6) is 0.594. The smallest absolute Gasteiger partial charge is 0.244 e. The van der Waals surface area contributed by atoms with Crippen molar-refractivity contribution in [1.82, 2.24) is 15.5 Å². The number of aliphatic hydroxyl groups excluding tert-OH is 1. The van der Waals surface area contributed by atoms with E-state index in [-0.39, 0.29) is 12.5 Å². The van der Waals surface area contributed by atoms with Gasteiger partial charge < -0.3 is 15.2 Å². The number of hydrogen-bond acceptors (Lipinski definition) is 5. The number of carbonyl (C=O) groups excluding carboxylic acids is 1. The molecule has 6 nitrogen and oxygen atoms in total. The average Bonchev–Trinajstić information content (AvgIpc) is 3.34. The fraction of sp³-hybridized carbons (Fsp3) is 0.158. The van der Waals surface area contributed by atoms with E-state index in [9.17, 15) is 4.79 Å². The minimum Gasteiger partial charge on any atom is -0.497 e. The quantitative estimate of drug-likeness (QED) is 0.559. The highest BCUT2D eigenvalue weighted by Gasteiger charge is 2.09. The van der Waals surface area contributed by atoms with Crippen molar-refractivity contribution in [3.63, 3.8) is 0 Å². The number of benzene rings is 1. The molecule has 134 valence electrons. The summed E-state index contributed by atoms with van der Waals surface area (Å²) in [7, 11) is 1.63. The van der Waals surface area contributed by atoms with Crippen molar-refractivity contribution in [3.8, 4) is 17.0 Å². The Kier molecular flexibility index (Phi) is 5.83. The molecule has 0 aliphatic rings. The number of amides is 1. The molecule has 26 heavy (non-hydrogen) atoms.